The van der Waals surface area contributed by atoms with Crippen LogP contribution in [-0.4, -0.2) is 27.1 Å². The third-order valence-electron chi connectivity index (χ3n) is 3.21. The standard InChI is InChI=1S/C16H13ClF3N3O3S/c17-12-5-7-13(8-6-12)27(25,26)22-10-15(24)23-21-9-11-3-1-2-4-14(11)16(18,19)20/h1-9,22H,10H2,(H,23,24)/b21-9-. The second-order valence-corrected chi connectivity index (χ2v) is 7.36. The molecule has 0 aliphatic rings. The van der Waals surface area contributed by atoms with Crippen LogP contribution in [-0.2, 0) is 21.0 Å². The van der Waals surface area contributed by atoms with Crippen LogP contribution in [0.5, 0.6) is 0 Å². The van der Waals surface area contributed by atoms with E-state index in [-0.39, 0.29) is 10.5 Å². The van der Waals surface area contributed by atoms with Gasteiger partial charge in [0.25, 0.3) is 5.91 Å². The number of halogens is 4. The van der Waals surface area contributed by atoms with Crippen molar-refractivity contribution in [2.75, 3.05) is 6.54 Å². The van der Waals surface area contributed by atoms with E-state index in [0.29, 0.717) is 5.02 Å². The summed E-state index contributed by atoms with van der Waals surface area (Å²) in [4.78, 5) is 11.6. The highest BCUT2D eigenvalue weighted by molar-refractivity contribution is 7.89. The van der Waals surface area contributed by atoms with E-state index in [2.05, 4.69) is 5.10 Å². The van der Waals surface area contributed by atoms with Crippen molar-refractivity contribution < 1.29 is 26.4 Å². The van der Waals surface area contributed by atoms with Gasteiger partial charge in [-0.3, -0.25) is 4.79 Å². The van der Waals surface area contributed by atoms with E-state index in [1.165, 1.54) is 42.5 Å². The Kier molecular flexibility index (Phi) is 6.58. The minimum atomic E-state index is -4.57. The highest BCUT2D eigenvalue weighted by Crippen LogP contribution is 2.31. The topological polar surface area (TPSA) is 87.6 Å². The van der Waals surface area contributed by atoms with Crippen LogP contribution in [0.1, 0.15) is 11.1 Å². The third-order valence-corrected chi connectivity index (χ3v) is 4.87. The number of hydrogen-bond acceptors (Lipinski definition) is 4. The van der Waals surface area contributed by atoms with E-state index >= 15 is 0 Å². The molecule has 2 aromatic rings. The number of amides is 1. The van der Waals surface area contributed by atoms with E-state index < -0.39 is 34.2 Å². The first kappa shape index (κ1) is 20.9. The molecular weight excluding hydrogens is 407 g/mol. The molecule has 0 fully saturated rings. The van der Waals surface area contributed by atoms with Crippen molar-refractivity contribution in [1.82, 2.24) is 10.1 Å². The Morgan fingerprint density at radius 3 is 2.37 bits per heavy atom. The van der Waals surface area contributed by atoms with E-state index in [1.54, 1.807) is 0 Å². The number of carbonyl (C=O) groups excluding carboxylic acids is 1. The fraction of sp³-hybridized carbons (Fsp3) is 0.125. The average molecular weight is 420 g/mol. The number of rotatable bonds is 6. The normalized spacial score (nSPS) is 12.3. The number of alkyl halides is 3. The first-order valence-electron chi connectivity index (χ1n) is 7.33. The number of nitrogens with one attached hydrogen (secondary N) is 2. The van der Waals surface area contributed by atoms with Crippen molar-refractivity contribution in [3.8, 4) is 0 Å². The minimum Gasteiger partial charge on any atom is -0.272 e. The maximum atomic E-state index is 12.8. The quantitative estimate of drug-likeness (QED) is 0.557. The lowest BCUT2D eigenvalue weighted by Gasteiger charge is -2.09. The summed E-state index contributed by atoms with van der Waals surface area (Å²) in [6, 6.07) is 9.94. The zero-order chi connectivity index (χ0) is 20.1. The molecule has 1 amide bonds. The van der Waals surface area contributed by atoms with Gasteiger partial charge in [0.1, 0.15) is 0 Å². The van der Waals surface area contributed by atoms with Crippen LogP contribution in [0, 0.1) is 0 Å². The summed E-state index contributed by atoms with van der Waals surface area (Å²) in [7, 11) is -3.95. The molecule has 11 heteroatoms. The molecule has 0 heterocycles. The predicted molar refractivity (Wildman–Crippen MR) is 93.8 cm³/mol. The first-order chi connectivity index (χ1) is 12.6. The monoisotopic (exact) mass is 419 g/mol. The molecule has 6 nitrogen and oxygen atoms in total. The molecule has 0 aliphatic carbocycles. The third kappa shape index (κ3) is 6.05. The zero-order valence-electron chi connectivity index (χ0n) is 13.5. The van der Waals surface area contributed by atoms with Gasteiger partial charge in [-0.1, -0.05) is 29.8 Å². The SMILES string of the molecule is O=C(CNS(=O)(=O)c1ccc(Cl)cc1)N/N=C\c1ccccc1C(F)(F)F. The lowest BCUT2D eigenvalue weighted by atomic mass is 10.1. The molecule has 2 N–H and O–H groups in total. The Balaban J connectivity index is 1.95. The Morgan fingerprint density at radius 1 is 1.11 bits per heavy atom. The summed E-state index contributed by atoms with van der Waals surface area (Å²) in [6.45, 7) is -0.650. The van der Waals surface area contributed by atoms with Crippen molar-refractivity contribution in [3.63, 3.8) is 0 Å². The Labute approximate surface area is 158 Å². The van der Waals surface area contributed by atoms with Crippen LogP contribution in [0.2, 0.25) is 5.02 Å². The maximum Gasteiger partial charge on any atom is 0.417 e. The van der Waals surface area contributed by atoms with E-state index in [1.807, 2.05) is 10.1 Å². The van der Waals surface area contributed by atoms with Gasteiger partial charge in [-0.25, -0.2) is 18.6 Å². The Hall–Kier alpha value is -2.43. The number of benzene rings is 2. The maximum absolute atomic E-state index is 12.8. The van der Waals surface area contributed by atoms with Crippen molar-refractivity contribution >= 4 is 33.7 Å². The van der Waals surface area contributed by atoms with Crippen LogP contribution in [0.25, 0.3) is 0 Å². The second kappa shape index (κ2) is 8.51. The summed E-state index contributed by atoms with van der Waals surface area (Å²) >= 11 is 5.67. The summed E-state index contributed by atoms with van der Waals surface area (Å²) < 4.78 is 64.6. The van der Waals surface area contributed by atoms with Gasteiger partial charge in [-0.15, -0.1) is 0 Å². The highest BCUT2D eigenvalue weighted by Gasteiger charge is 2.32. The minimum absolute atomic E-state index is 0.0951. The molecule has 0 saturated heterocycles. The molecule has 0 atom stereocenters. The van der Waals surface area contributed by atoms with Gasteiger partial charge in [0, 0.05) is 10.6 Å². The predicted octanol–water partition coefficient (Wildman–Crippen LogP) is 2.79. The molecule has 27 heavy (non-hydrogen) atoms. The van der Waals surface area contributed by atoms with Crippen molar-refractivity contribution in [1.29, 1.82) is 0 Å². The molecule has 0 unspecified atom stereocenters. The van der Waals surface area contributed by atoms with Crippen molar-refractivity contribution in [3.05, 3.63) is 64.7 Å². The van der Waals surface area contributed by atoms with Gasteiger partial charge < -0.3 is 0 Å². The largest absolute Gasteiger partial charge is 0.417 e. The fourth-order valence-corrected chi connectivity index (χ4v) is 3.05. The molecule has 0 bridgehead atoms. The smallest absolute Gasteiger partial charge is 0.272 e. The number of hydrogen-bond donors (Lipinski definition) is 2. The van der Waals surface area contributed by atoms with Crippen LogP contribution in [0.4, 0.5) is 13.2 Å². The first-order valence-corrected chi connectivity index (χ1v) is 9.19. The number of carbonyl (C=O) groups is 1. The summed E-state index contributed by atoms with van der Waals surface area (Å²) in [5, 5.41) is 3.77. The number of sulfonamides is 1. The van der Waals surface area contributed by atoms with E-state index in [9.17, 15) is 26.4 Å². The number of hydrazone groups is 1. The molecular formula is C16H13ClF3N3O3S. The lowest BCUT2D eigenvalue weighted by Crippen LogP contribution is -2.34. The average Bonchev–Trinajstić information content (AvgIpc) is 2.60. The van der Waals surface area contributed by atoms with Gasteiger partial charge in [-0.05, 0) is 30.3 Å². The molecule has 0 spiro atoms. The van der Waals surface area contributed by atoms with Crippen LogP contribution >= 0.6 is 11.6 Å². The summed E-state index contributed by atoms with van der Waals surface area (Å²) in [6.07, 6.45) is -3.74. The Bertz CT molecular complexity index is 945. The molecule has 0 aliphatic heterocycles. The van der Waals surface area contributed by atoms with Crippen molar-refractivity contribution in [2.45, 2.75) is 11.1 Å². The molecule has 0 radical (unpaired) electrons. The van der Waals surface area contributed by atoms with Crippen LogP contribution in [0.15, 0.2) is 58.5 Å². The highest BCUT2D eigenvalue weighted by atomic mass is 35.5. The lowest BCUT2D eigenvalue weighted by molar-refractivity contribution is -0.137. The van der Waals surface area contributed by atoms with Crippen LogP contribution in [0.3, 0.4) is 0 Å². The van der Waals surface area contributed by atoms with Crippen molar-refractivity contribution in [2.24, 2.45) is 5.10 Å². The second-order valence-electron chi connectivity index (χ2n) is 5.16. The van der Waals surface area contributed by atoms with Gasteiger partial charge >= 0.3 is 6.18 Å². The molecule has 0 saturated carbocycles. The zero-order valence-corrected chi connectivity index (χ0v) is 15.1. The van der Waals surface area contributed by atoms with Gasteiger partial charge in [0.05, 0.1) is 23.2 Å². The number of nitrogens with zero attached hydrogens (tertiary/aromatic N) is 1. The molecule has 2 rings (SSSR count). The van der Waals surface area contributed by atoms with Gasteiger partial charge in [0.2, 0.25) is 10.0 Å². The van der Waals surface area contributed by atoms with Crippen LogP contribution < -0.4 is 10.1 Å². The van der Waals surface area contributed by atoms with Gasteiger partial charge in [-0.2, -0.15) is 18.3 Å². The fourth-order valence-electron chi connectivity index (χ4n) is 1.94. The van der Waals surface area contributed by atoms with E-state index in [0.717, 1.165) is 12.3 Å². The molecule has 2 aromatic carbocycles. The Morgan fingerprint density at radius 2 is 1.74 bits per heavy atom. The summed E-state index contributed by atoms with van der Waals surface area (Å²) in [5.41, 5.74) is 0.804. The molecule has 0 aromatic heterocycles. The summed E-state index contributed by atoms with van der Waals surface area (Å²) in [5.74, 6) is -0.853. The molecule has 144 valence electrons. The van der Waals surface area contributed by atoms with E-state index in [4.69, 9.17) is 11.6 Å². The van der Waals surface area contributed by atoms with Gasteiger partial charge in [0.15, 0.2) is 0 Å².